The van der Waals surface area contributed by atoms with Crippen molar-refractivity contribution in [2.75, 3.05) is 59.5 Å². The molecule has 0 radical (unpaired) electrons. The van der Waals surface area contributed by atoms with Gasteiger partial charge >= 0.3 is 0 Å². The van der Waals surface area contributed by atoms with Crippen molar-refractivity contribution in [3.63, 3.8) is 0 Å². The van der Waals surface area contributed by atoms with Gasteiger partial charge in [0.2, 0.25) is 0 Å². The first-order valence-electron chi connectivity index (χ1n) is 11.7. The fraction of sp³-hybridized carbons (Fsp3) is 0.583. The van der Waals surface area contributed by atoms with E-state index in [9.17, 15) is 0 Å². The van der Waals surface area contributed by atoms with E-state index in [1.807, 2.05) is 24.1 Å². The molecule has 8 heteroatoms. The van der Waals surface area contributed by atoms with Gasteiger partial charge in [0.05, 0.1) is 25.9 Å². The molecule has 8 nitrogen and oxygen atoms in total. The van der Waals surface area contributed by atoms with Gasteiger partial charge in [0.1, 0.15) is 6.10 Å². The van der Waals surface area contributed by atoms with Crippen LogP contribution in [0.15, 0.2) is 41.7 Å². The van der Waals surface area contributed by atoms with Crippen LogP contribution >= 0.6 is 0 Å². The molecular weight excluding hydrogens is 402 g/mol. The third kappa shape index (κ3) is 6.09. The number of rotatable bonds is 6. The summed E-state index contributed by atoms with van der Waals surface area (Å²) in [4.78, 5) is 12.2. The third-order valence-corrected chi connectivity index (χ3v) is 6.23. The molecule has 0 aliphatic carbocycles. The Morgan fingerprint density at radius 2 is 1.84 bits per heavy atom. The lowest BCUT2D eigenvalue weighted by molar-refractivity contribution is -0.00805. The Morgan fingerprint density at radius 3 is 2.53 bits per heavy atom. The van der Waals surface area contributed by atoms with E-state index in [0.29, 0.717) is 13.2 Å². The van der Waals surface area contributed by atoms with Crippen molar-refractivity contribution < 1.29 is 4.74 Å². The first kappa shape index (κ1) is 22.8. The lowest BCUT2D eigenvalue weighted by atomic mass is 10.1. The van der Waals surface area contributed by atoms with E-state index in [0.717, 1.165) is 63.9 Å². The normalized spacial score (nSPS) is 21.2. The van der Waals surface area contributed by atoms with Crippen molar-refractivity contribution in [2.24, 2.45) is 12.0 Å². The van der Waals surface area contributed by atoms with Crippen molar-refractivity contribution in [3.05, 3.63) is 53.3 Å². The molecule has 2 aromatic rings. The summed E-state index contributed by atoms with van der Waals surface area (Å²) < 4.78 is 7.82. The van der Waals surface area contributed by atoms with Gasteiger partial charge in [-0.25, -0.2) is 4.99 Å². The Hall–Kier alpha value is -2.42. The molecule has 2 aliphatic rings. The van der Waals surface area contributed by atoms with Crippen LogP contribution in [-0.2, 0) is 24.9 Å². The summed E-state index contributed by atoms with van der Waals surface area (Å²) in [5.41, 5.74) is 3.73. The zero-order valence-electron chi connectivity index (χ0n) is 19.7. The molecule has 2 aliphatic heterocycles. The minimum atomic E-state index is 0.0233. The minimum absolute atomic E-state index is 0.0233. The Labute approximate surface area is 191 Å². The number of morpholine rings is 1. The summed E-state index contributed by atoms with van der Waals surface area (Å²) in [5.74, 6) is 0.950. The Balaban J connectivity index is 1.35. The van der Waals surface area contributed by atoms with Crippen molar-refractivity contribution in [1.82, 2.24) is 29.8 Å². The Morgan fingerprint density at radius 1 is 1.09 bits per heavy atom. The lowest BCUT2D eigenvalue weighted by Crippen LogP contribution is -2.48. The first-order valence-corrected chi connectivity index (χ1v) is 11.7. The number of aliphatic imine (C=N–C) groups is 1. The molecule has 1 aromatic carbocycles. The highest BCUT2D eigenvalue weighted by Crippen LogP contribution is 2.21. The molecule has 2 saturated heterocycles. The van der Waals surface area contributed by atoms with Crippen LogP contribution in [0.2, 0.25) is 0 Å². The molecule has 174 valence electrons. The average molecular weight is 440 g/mol. The maximum absolute atomic E-state index is 6.00. The molecular formula is C24H37N7O. The number of guanidine groups is 1. The number of hydrogen-bond acceptors (Lipinski definition) is 5. The summed E-state index contributed by atoms with van der Waals surface area (Å²) in [6, 6.07) is 8.94. The van der Waals surface area contributed by atoms with E-state index in [2.05, 4.69) is 63.4 Å². The minimum Gasteiger partial charge on any atom is -0.370 e. The van der Waals surface area contributed by atoms with Gasteiger partial charge in [0.25, 0.3) is 0 Å². The first-order chi connectivity index (χ1) is 15.6. The van der Waals surface area contributed by atoms with Gasteiger partial charge in [-0.05, 0) is 25.1 Å². The molecule has 0 spiro atoms. The highest BCUT2D eigenvalue weighted by molar-refractivity contribution is 5.80. The van der Waals surface area contributed by atoms with Crippen molar-refractivity contribution in [1.29, 1.82) is 0 Å². The van der Waals surface area contributed by atoms with Crippen LogP contribution in [-0.4, -0.2) is 89.9 Å². The second kappa shape index (κ2) is 10.9. The number of aromatic nitrogens is 2. The van der Waals surface area contributed by atoms with Gasteiger partial charge in [-0.2, -0.15) is 5.10 Å². The fourth-order valence-corrected chi connectivity index (χ4v) is 4.26. The number of hydrogen-bond donors (Lipinski definition) is 1. The molecule has 1 N–H and O–H groups in total. The van der Waals surface area contributed by atoms with Crippen molar-refractivity contribution in [2.45, 2.75) is 26.1 Å². The summed E-state index contributed by atoms with van der Waals surface area (Å²) in [7, 11) is 4.14. The number of aryl methyl sites for hydroxylation is 1. The number of likely N-dealkylation sites (N-methyl/N-ethyl adjacent to an activating group) is 1. The highest BCUT2D eigenvalue weighted by atomic mass is 16.5. The van der Waals surface area contributed by atoms with Gasteiger partial charge in [0.15, 0.2) is 5.96 Å². The van der Waals surface area contributed by atoms with Crippen LogP contribution in [0, 0.1) is 0 Å². The number of piperazine rings is 1. The van der Waals surface area contributed by atoms with E-state index in [-0.39, 0.29) is 6.10 Å². The summed E-state index contributed by atoms with van der Waals surface area (Å²) in [6.45, 7) is 11.6. The van der Waals surface area contributed by atoms with Gasteiger partial charge < -0.3 is 19.9 Å². The van der Waals surface area contributed by atoms with Crippen LogP contribution in [0.5, 0.6) is 0 Å². The Bertz CT molecular complexity index is 871. The number of benzene rings is 1. The Kier molecular flexibility index (Phi) is 7.78. The van der Waals surface area contributed by atoms with Gasteiger partial charge in [-0.1, -0.05) is 24.3 Å². The largest absolute Gasteiger partial charge is 0.370 e. The van der Waals surface area contributed by atoms with Crippen molar-refractivity contribution in [3.8, 4) is 0 Å². The van der Waals surface area contributed by atoms with Crippen LogP contribution < -0.4 is 5.32 Å². The summed E-state index contributed by atoms with van der Waals surface area (Å²) in [6.07, 6.45) is 3.94. The number of nitrogens with one attached hydrogen (secondary N) is 1. The molecule has 4 rings (SSSR count). The van der Waals surface area contributed by atoms with Crippen LogP contribution in [0.1, 0.15) is 29.7 Å². The molecule has 1 atom stereocenters. The van der Waals surface area contributed by atoms with Crippen LogP contribution in [0.4, 0.5) is 0 Å². The van der Waals surface area contributed by atoms with E-state index in [1.54, 1.807) is 0 Å². The molecule has 32 heavy (non-hydrogen) atoms. The summed E-state index contributed by atoms with van der Waals surface area (Å²) in [5, 5.41) is 7.75. The quantitative estimate of drug-likeness (QED) is 0.546. The van der Waals surface area contributed by atoms with Gasteiger partial charge in [0, 0.05) is 64.6 Å². The molecule has 0 bridgehead atoms. The van der Waals surface area contributed by atoms with E-state index >= 15 is 0 Å². The molecule has 1 aromatic heterocycles. The van der Waals surface area contributed by atoms with Gasteiger partial charge in [-0.15, -0.1) is 0 Å². The van der Waals surface area contributed by atoms with Crippen LogP contribution in [0.3, 0.4) is 0 Å². The second-order valence-corrected chi connectivity index (χ2v) is 8.82. The third-order valence-electron chi connectivity index (χ3n) is 6.23. The molecule has 0 saturated carbocycles. The lowest BCUT2D eigenvalue weighted by Gasteiger charge is -2.34. The maximum atomic E-state index is 6.00. The van der Waals surface area contributed by atoms with E-state index in [4.69, 9.17) is 9.73 Å². The van der Waals surface area contributed by atoms with Crippen LogP contribution in [0.25, 0.3) is 0 Å². The zero-order valence-corrected chi connectivity index (χ0v) is 19.7. The van der Waals surface area contributed by atoms with Gasteiger partial charge in [-0.3, -0.25) is 9.58 Å². The fourth-order valence-electron chi connectivity index (χ4n) is 4.26. The topological polar surface area (TPSA) is 61.2 Å². The predicted octanol–water partition coefficient (Wildman–Crippen LogP) is 1.71. The zero-order chi connectivity index (χ0) is 22.3. The smallest absolute Gasteiger partial charge is 0.194 e. The second-order valence-electron chi connectivity index (χ2n) is 8.82. The summed E-state index contributed by atoms with van der Waals surface area (Å²) >= 11 is 0. The number of nitrogens with zero attached hydrogens (tertiary/aromatic N) is 6. The average Bonchev–Trinajstić information content (AvgIpc) is 3.25. The predicted molar refractivity (Wildman–Crippen MR) is 128 cm³/mol. The standard InChI is InChI=1S/C24H37N7O/c1-4-25-24(31-13-14-32-23(19-31)22-16-27-29(3)18-22)26-15-20-5-7-21(8-6-20)17-30-11-9-28(2)10-12-30/h5-8,16,18,23H,4,9-15,17,19H2,1-3H3,(H,25,26). The highest BCUT2D eigenvalue weighted by Gasteiger charge is 2.25. The molecule has 2 fully saturated rings. The molecule has 0 amide bonds. The molecule has 3 heterocycles. The number of ether oxygens (including phenoxy) is 1. The van der Waals surface area contributed by atoms with Crippen molar-refractivity contribution >= 4 is 5.96 Å². The monoisotopic (exact) mass is 439 g/mol. The SMILES string of the molecule is CCNC(=NCc1ccc(CN2CCN(C)CC2)cc1)N1CCOC(c2cnn(C)c2)C1. The van der Waals surface area contributed by atoms with E-state index < -0.39 is 0 Å². The molecule has 1 unspecified atom stereocenters. The maximum Gasteiger partial charge on any atom is 0.194 e. The van der Waals surface area contributed by atoms with E-state index in [1.165, 1.54) is 11.1 Å².